The number of likely N-dealkylation sites (N-methyl/N-ethyl adjacent to an activating group) is 1. The summed E-state index contributed by atoms with van der Waals surface area (Å²) in [5.41, 5.74) is 2.37. The number of rotatable bonds is 7. The molecule has 10 nitrogen and oxygen atoms in total. The molecule has 0 fully saturated rings. The Morgan fingerprint density at radius 3 is 2.66 bits per heavy atom. The number of nitrogens with one attached hydrogen (secondary N) is 2. The molecule has 3 heterocycles. The number of imidazole rings is 1. The highest BCUT2D eigenvalue weighted by atomic mass is 16.5. The van der Waals surface area contributed by atoms with Crippen molar-refractivity contribution < 1.29 is 18.8 Å². The van der Waals surface area contributed by atoms with Gasteiger partial charge < -0.3 is 19.2 Å². The fourth-order valence-corrected chi connectivity index (χ4v) is 3.84. The number of nitriles is 1. The summed E-state index contributed by atoms with van der Waals surface area (Å²) in [5.74, 6) is 3.50. The van der Waals surface area contributed by atoms with Crippen molar-refractivity contribution in [3.8, 4) is 35.2 Å². The standard InChI is InChI=1S/C25H23N7O3/c1-4-20-28-21-22(29-20)30-25(31-24(21)34-19-11-15(14-26)10-18(13-19)33-3)35-17-7-5-6-16(12-17)23-27-8-9-32(23)2/h5-7,10-13H,4,8-9H2,1-3H3,(H,28,29,30,31)/p+1. The molecule has 2 aromatic carbocycles. The lowest BCUT2D eigenvalue weighted by atomic mass is 10.2. The molecule has 0 amide bonds. The van der Waals surface area contributed by atoms with Crippen LogP contribution in [0.25, 0.3) is 11.2 Å². The Bertz CT molecular complexity index is 1490. The molecular formula is C25H24N7O3+. The Hall–Kier alpha value is -4.65. The van der Waals surface area contributed by atoms with Crippen molar-refractivity contribution in [1.29, 1.82) is 5.26 Å². The largest absolute Gasteiger partial charge is 0.497 e. The van der Waals surface area contributed by atoms with Crippen LogP contribution in [-0.2, 0) is 6.42 Å². The second-order valence-electron chi connectivity index (χ2n) is 7.98. The first-order chi connectivity index (χ1) is 17.1. The molecule has 2 aromatic heterocycles. The van der Waals surface area contributed by atoms with E-state index in [9.17, 15) is 5.26 Å². The van der Waals surface area contributed by atoms with Crippen LogP contribution in [0.3, 0.4) is 0 Å². The molecule has 35 heavy (non-hydrogen) atoms. The zero-order valence-corrected chi connectivity index (χ0v) is 19.6. The Kier molecular flexibility index (Phi) is 5.89. The van der Waals surface area contributed by atoms with Gasteiger partial charge in [0.05, 0.1) is 31.4 Å². The van der Waals surface area contributed by atoms with Crippen LogP contribution in [0.4, 0.5) is 0 Å². The minimum Gasteiger partial charge on any atom is -0.497 e. The summed E-state index contributed by atoms with van der Waals surface area (Å²) >= 11 is 0. The van der Waals surface area contributed by atoms with Gasteiger partial charge in [0.1, 0.15) is 41.7 Å². The van der Waals surface area contributed by atoms with Crippen molar-refractivity contribution in [3.05, 3.63) is 59.4 Å². The average molecular weight is 471 g/mol. The lowest BCUT2D eigenvalue weighted by molar-refractivity contribution is -0.485. The first-order valence-electron chi connectivity index (χ1n) is 11.2. The fraction of sp³-hybridized carbons (Fsp3) is 0.240. The molecule has 10 heteroatoms. The number of nitrogens with zero attached hydrogens (tertiary/aromatic N) is 5. The quantitative estimate of drug-likeness (QED) is 0.395. The SMILES string of the molecule is CCc1nc2nc(Oc3cccc(C4=[N+](C)CCN4)c3)nc(Oc3cc(C#N)cc(OC)c3)c2[nH]1. The molecule has 0 unspecified atom stereocenters. The van der Waals surface area contributed by atoms with Crippen LogP contribution in [0.2, 0.25) is 0 Å². The van der Waals surface area contributed by atoms with Gasteiger partial charge in [0.2, 0.25) is 0 Å². The summed E-state index contributed by atoms with van der Waals surface area (Å²) in [5, 5.41) is 12.7. The predicted molar refractivity (Wildman–Crippen MR) is 129 cm³/mol. The van der Waals surface area contributed by atoms with Crippen LogP contribution < -0.4 is 19.5 Å². The number of aromatic amines is 1. The topological polar surface area (TPSA) is 121 Å². The molecule has 0 radical (unpaired) electrons. The van der Waals surface area contributed by atoms with Gasteiger partial charge in [0.25, 0.3) is 11.7 Å². The molecule has 1 aliphatic heterocycles. The summed E-state index contributed by atoms with van der Waals surface area (Å²) in [6, 6.07) is 14.8. The van der Waals surface area contributed by atoms with E-state index in [1.165, 1.54) is 7.11 Å². The van der Waals surface area contributed by atoms with E-state index in [0.29, 0.717) is 40.4 Å². The normalized spacial score (nSPS) is 13.0. The third kappa shape index (κ3) is 4.56. The Labute approximate surface area is 201 Å². The highest BCUT2D eigenvalue weighted by molar-refractivity contribution is 5.96. The smallest absolute Gasteiger partial charge is 0.327 e. The van der Waals surface area contributed by atoms with E-state index < -0.39 is 0 Å². The second kappa shape index (κ2) is 9.30. The first kappa shape index (κ1) is 22.2. The number of ether oxygens (including phenoxy) is 3. The number of aryl methyl sites for hydroxylation is 1. The van der Waals surface area contributed by atoms with Crippen LogP contribution in [0.15, 0.2) is 42.5 Å². The first-order valence-corrected chi connectivity index (χ1v) is 11.2. The summed E-state index contributed by atoms with van der Waals surface area (Å²) < 4.78 is 19.6. The molecule has 0 spiro atoms. The average Bonchev–Trinajstić information content (AvgIpc) is 3.50. The van der Waals surface area contributed by atoms with Crippen molar-refractivity contribution >= 4 is 17.0 Å². The number of fused-ring (bicyclic) bond motifs is 1. The molecule has 1 aliphatic rings. The third-order valence-electron chi connectivity index (χ3n) is 5.58. The second-order valence-corrected chi connectivity index (χ2v) is 7.98. The van der Waals surface area contributed by atoms with Crippen molar-refractivity contribution in [2.24, 2.45) is 0 Å². The number of methoxy groups -OCH3 is 1. The Morgan fingerprint density at radius 2 is 1.91 bits per heavy atom. The van der Waals surface area contributed by atoms with E-state index in [0.717, 1.165) is 30.3 Å². The van der Waals surface area contributed by atoms with Crippen LogP contribution in [0.5, 0.6) is 29.1 Å². The number of amidine groups is 1. The number of H-pyrrole nitrogens is 1. The third-order valence-corrected chi connectivity index (χ3v) is 5.58. The molecule has 0 saturated carbocycles. The maximum atomic E-state index is 9.35. The number of hydrogen-bond donors (Lipinski definition) is 2. The predicted octanol–water partition coefficient (Wildman–Crippen LogP) is 3.37. The Morgan fingerprint density at radius 1 is 1.06 bits per heavy atom. The van der Waals surface area contributed by atoms with Crippen LogP contribution in [0.1, 0.15) is 23.9 Å². The molecular weight excluding hydrogens is 446 g/mol. The van der Waals surface area contributed by atoms with Gasteiger partial charge >= 0.3 is 6.01 Å². The number of benzene rings is 2. The minimum absolute atomic E-state index is 0.0972. The zero-order valence-electron chi connectivity index (χ0n) is 19.6. The van der Waals surface area contributed by atoms with E-state index in [-0.39, 0.29) is 11.9 Å². The maximum absolute atomic E-state index is 9.35. The highest BCUT2D eigenvalue weighted by Crippen LogP contribution is 2.32. The molecule has 0 atom stereocenters. The van der Waals surface area contributed by atoms with Crippen molar-refractivity contribution in [2.75, 3.05) is 27.2 Å². The van der Waals surface area contributed by atoms with Crippen LogP contribution in [0, 0.1) is 11.3 Å². The molecule has 176 valence electrons. The fourth-order valence-electron chi connectivity index (χ4n) is 3.84. The van der Waals surface area contributed by atoms with E-state index >= 15 is 0 Å². The van der Waals surface area contributed by atoms with Crippen LogP contribution >= 0.6 is 0 Å². The zero-order chi connectivity index (χ0) is 24.4. The van der Waals surface area contributed by atoms with Gasteiger partial charge in [-0.25, -0.2) is 4.98 Å². The molecule has 0 aliphatic carbocycles. The van der Waals surface area contributed by atoms with E-state index in [4.69, 9.17) is 14.2 Å². The molecule has 4 aromatic rings. The van der Waals surface area contributed by atoms with Crippen LogP contribution in [-0.4, -0.2) is 57.6 Å². The molecule has 0 saturated heterocycles. The Balaban J connectivity index is 1.52. The summed E-state index contributed by atoms with van der Waals surface area (Å²) in [4.78, 5) is 16.7. The number of aromatic nitrogens is 4. The lowest BCUT2D eigenvalue weighted by Crippen LogP contribution is -2.22. The van der Waals surface area contributed by atoms with Gasteiger partial charge in [-0.15, -0.1) is 0 Å². The van der Waals surface area contributed by atoms with Crippen molar-refractivity contribution in [1.82, 2.24) is 25.3 Å². The van der Waals surface area contributed by atoms with E-state index in [1.807, 2.05) is 38.2 Å². The molecule has 5 rings (SSSR count). The highest BCUT2D eigenvalue weighted by Gasteiger charge is 2.21. The van der Waals surface area contributed by atoms with Gasteiger partial charge in [-0.3, -0.25) is 9.89 Å². The van der Waals surface area contributed by atoms with Gasteiger partial charge in [-0.1, -0.05) is 13.0 Å². The number of hydrogen-bond acceptors (Lipinski definition) is 8. The van der Waals surface area contributed by atoms with Gasteiger partial charge in [0, 0.05) is 12.5 Å². The van der Waals surface area contributed by atoms with Gasteiger partial charge in [-0.2, -0.15) is 15.2 Å². The van der Waals surface area contributed by atoms with Gasteiger partial charge in [-0.05, 0) is 30.3 Å². The minimum atomic E-state index is 0.0972. The summed E-state index contributed by atoms with van der Waals surface area (Å²) in [6.07, 6.45) is 0.685. The van der Waals surface area contributed by atoms with Crippen molar-refractivity contribution in [3.63, 3.8) is 0 Å². The monoisotopic (exact) mass is 470 g/mol. The molecule has 2 N–H and O–H groups in total. The lowest BCUT2D eigenvalue weighted by Gasteiger charge is -2.10. The summed E-state index contributed by atoms with van der Waals surface area (Å²) in [7, 11) is 3.57. The van der Waals surface area contributed by atoms with Crippen molar-refractivity contribution in [2.45, 2.75) is 13.3 Å². The van der Waals surface area contributed by atoms with E-state index in [2.05, 4.69) is 35.9 Å². The van der Waals surface area contributed by atoms with Gasteiger partial charge in [0.15, 0.2) is 5.65 Å². The summed E-state index contributed by atoms with van der Waals surface area (Å²) in [6.45, 7) is 3.83. The molecule has 0 bridgehead atoms. The maximum Gasteiger partial charge on any atom is 0.327 e. The van der Waals surface area contributed by atoms with E-state index in [1.54, 1.807) is 18.2 Å².